The molecule has 4 nitrogen and oxygen atoms in total. The van der Waals surface area contributed by atoms with E-state index in [0.717, 1.165) is 17.5 Å². The van der Waals surface area contributed by atoms with E-state index in [-0.39, 0.29) is 5.91 Å². The van der Waals surface area contributed by atoms with Crippen molar-refractivity contribution in [3.05, 3.63) is 60.2 Å². The Balaban J connectivity index is 1.81. The smallest absolute Gasteiger partial charge is 0.254 e. The molecule has 2 aromatic carbocycles. The summed E-state index contributed by atoms with van der Waals surface area (Å²) in [4.78, 5) is 25.5. The SMILES string of the molecule is NC(=O)C1CCCN1C(=O)c1ccc(-c2ccccc2)cc1. The van der Waals surface area contributed by atoms with Crippen LogP contribution in [0, 0.1) is 0 Å². The second-order valence-electron chi connectivity index (χ2n) is 5.50. The summed E-state index contributed by atoms with van der Waals surface area (Å²) in [7, 11) is 0. The molecule has 112 valence electrons. The van der Waals surface area contributed by atoms with E-state index in [0.29, 0.717) is 18.5 Å². The van der Waals surface area contributed by atoms with Crippen LogP contribution in [0.2, 0.25) is 0 Å². The van der Waals surface area contributed by atoms with Gasteiger partial charge in [0.15, 0.2) is 0 Å². The summed E-state index contributed by atoms with van der Waals surface area (Å²) in [5.74, 6) is -0.548. The monoisotopic (exact) mass is 294 g/mol. The van der Waals surface area contributed by atoms with Crippen molar-refractivity contribution in [3.63, 3.8) is 0 Å². The van der Waals surface area contributed by atoms with Crippen LogP contribution >= 0.6 is 0 Å². The molecule has 1 saturated heterocycles. The van der Waals surface area contributed by atoms with Gasteiger partial charge in [-0.1, -0.05) is 42.5 Å². The molecule has 0 aliphatic carbocycles. The molecule has 1 fully saturated rings. The first kappa shape index (κ1) is 14.3. The van der Waals surface area contributed by atoms with Crippen molar-refractivity contribution in [3.8, 4) is 11.1 Å². The molecule has 0 aromatic heterocycles. The second kappa shape index (κ2) is 6.02. The maximum atomic E-state index is 12.5. The first-order valence-corrected chi connectivity index (χ1v) is 7.42. The number of benzene rings is 2. The summed E-state index contributed by atoms with van der Waals surface area (Å²) in [5.41, 5.74) is 8.13. The first-order chi connectivity index (χ1) is 10.7. The molecule has 0 bridgehead atoms. The van der Waals surface area contributed by atoms with Gasteiger partial charge in [0.05, 0.1) is 0 Å². The van der Waals surface area contributed by atoms with E-state index in [9.17, 15) is 9.59 Å². The fourth-order valence-corrected chi connectivity index (χ4v) is 2.91. The highest BCUT2D eigenvalue weighted by Crippen LogP contribution is 2.23. The summed E-state index contributed by atoms with van der Waals surface area (Å²) in [6, 6.07) is 17.0. The Labute approximate surface area is 129 Å². The lowest BCUT2D eigenvalue weighted by molar-refractivity contribution is -0.121. The van der Waals surface area contributed by atoms with Crippen LogP contribution in [-0.2, 0) is 4.79 Å². The van der Waals surface area contributed by atoms with Crippen molar-refractivity contribution in [1.82, 2.24) is 4.90 Å². The van der Waals surface area contributed by atoms with Crippen molar-refractivity contribution in [1.29, 1.82) is 0 Å². The lowest BCUT2D eigenvalue weighted by Gasteiger charge is -2.22. The number of amides is 2. The van der Waals surface area contributed by atoms with E-state index < -0.39 is 11.9 Å². The molecule has 2 amide bonds. The molecule has 0 radical (unpaired) electrons. The van der Waals surface area contributed by atoms with Crippen molar-refractivity contribution >= 4 is 11.8 Å². The molecule has 2 aromatic rings. The van der Waals surface area contributed by atoms with Crippen LogP contribution in [0.25, 0.3) is 11.1 Å². The molecule has 22 heavy (non-hydrogen) atoms. The van der Waals surface area contributed by atoms with Crippen LogP contribution in [-0.4, -0.2) is 29.3 Å². The van der Waals surface area contributed by atoms with Gasteiger partial charge in [0.1, 0.15) is 6.04 Å². The Morgan fingerprint density at radius 2 is 1.59 bits per heavy atom. The number of hydrogen-bond donors (Lipinski definition) is 1. The van der Waals surface area contributed by atoms with Gasteiger partial charge in [0, 0.05) is 12.1 Å². The number of primary amides is 1. The number of carbonyl (C=O) groups is 2. The fourth-order valence-electron chi connectivity index (χ4n) is 2.91. The minimum absolute atomic E-state index is 0.124. The van der Waals surface area contributed by atoms with Crippen molar-refractivity contribution in [2.75, 3.05) is 6.54 Å². The highest BCUT2D eigenvalue weighted by Gasteiger charge is 2.32. The van der Waals surface area contributed by atoms with Gasteiger partial charge < -0.3 is 10.6 Å². The zero-order valence-electron chi connectivity index (χ0n) is 12.2. The van der Waals surface area contributed by atoms with Crippen molar-refractivity contribution < 1.29 is 9.59 Å². The molecular formula is C18H18N2O2. The minimum Gasteiger partial charge on any atom is -0.368 e. The second-order valence-corrected chi connectivity index (χ2v) is 5.50. The van der Waals surface area contributed by atoms with Crippen molar-refractivity contribution in [2.45, 2.75) is 18.9 Å². The molecule has 1 unspecified atom stereocenters. The molecular weight excluding hydrogens is 276 g/mol. The van der Waals surface area contributed by atoms with Crippen LogP contribution in [0.5, 0.6) is 0 Å². The van der Waals surface area contributed by atoms with E-state index in [4.69, 9.17) is 5.73 Å². The lowest BCUT2D eigenvalue weighted by atomic mass is 10.0. The van der Waals surface area contributed by atoms with Gasteiger partial charge in [0.2, 0.25) is 5.91 Å². The fraction of sp³-hybridized carbons (Fsp3) is 0.222. The average molecular weight is 294 g/mol. The number of rotatable bonds is 3. The zero-order chi connectivity index (χ0) is 15.5. The first-order valence-electron chi connectivity index (χ1n) is 7.42. The molecule has 1 atom stereocenters. The molecule has 0 saturated carbocycles. The highest BCUT2D eigenvalue weighted by atomic mass is 16.2. The van der Waals surface area contributed by atoms with Crippen molar-refractivity contribution in [2.24, 2.45) is 5.73 Å². The molecule has 2 N–H and O–H groups in total. The Morgan fingerprint density at radius 3 is 2.23 bits per heavy atom. The number of nitrogens with zero attached hydrogens (tertiary/aromatic N) is 1. The number of hydrogen-bond acceptors (Lipinski definition) is 2. The van der Waals surface area contributed by atoms with Crippen LogP contribution in [0.15, 0.2) is 54.6 Å². The van der Waals surface area contributed by atoms with Crippen LogP contribution in [0.3, 0.4) is 0 Å². The third kappa shape index (κ3) is 2.72. The molecule has 1 heterocycles. The Hall–Kier alpha value is -2.62. The van der Waals surface area contributed by atoms with Gasteiger partial charge >= 0.3 is 0 Å². The number of carbonyl (C=O) groups excluding carboxylic acids is 2. The van der Waals surface area contributed by atoms with Crippen LogP contribution < -0.4 is 5.73 Å². The predicted molar refractivity (Wildman–Crippen MR) is 85.1 cm³/mol. The quantitative estimate of drug-likeness (QED) is 0.945. The summed E-state index contributed by atoms with van der Waals surface area (Å²) in [5, 5.41) is 0. The normalized spacial score (nSPS) is 17.5. The van der Waals surface area contributed by atoms with Gasteiger partial charge in [-0.2, -0.15) is 0 Å². The molecule has 1 aliphatic rings. The Morgan fingerprint density at radius 1 is 0.955 bits per heavy atom. The topological polar surface area (TPSA) is 63.4 Å². The maximum Gasteiger partial charge on any atom is 0.254 e. The number of likely N-dealkylation sites (tertiary alicyclic amines) is 1. The zero-order valence-corrected chi connectivity index (χ0v) is 12.2. The van der Waals surface area contributed by atoms with Gasteiger partial charge in [-0.3, -0.25) is 9.59 Å². The van der Waals surface area contributed by atoms with E-state index in [2.05, 4.69) is 0 Å². The lowest BCUT2D eigenvalue weighted by Crippen LogP contribution is -2.43. The van der Waals surface area contributed by atoms with E-state index >= 15 is 0 Å². The van der Waals surface area contributed by atoms with Crippen LogP contribution in [0.4, 0.5) is 0 Å². The summed E-state index contributed by atoms with van der Waals surface area (Å²) in [6.45, 7) is 0.590. The minimum atomic E-state index is -0.471. The molecule has 3 rings (SSSR count). The molecule has 1 aliphatic heterocycles. The van der Waals surface area contributed by atoms with Gasteiger partial charge in [-0.05, 0) is 36.1 Å². The Kier molecular flexibility index (Phi) is 3.92. The average Bonchev–Trinajstić information content (AvgIpc) is 3.05. The van der Waals surface area contributed by atoms with Gasteiger partial charge in [0.25, 0.3) is 5.91 Å². The number of nitrogens with two attached hydrogens (primary N) is 1. The predicted octanol–water partition coefficient (Wildman–Crippen LogP) is 2.44. The standard InChI is InChI=1S/C18H18N2O2/c19-17(21)16-7-4-12-20(16)18(22)15-10-8-14(9-11-15)13-5-2-1-3-6-13/h1-3,5-6,8-11,16H,4,7,12H2,(H2,19,21). The van der Waals surface area contributed by atoms with Gasteiger partial charge in [-0.25, -0.2) is 0 Å². The van der Waals surface area contributed by atoms with Crippen LogP contribution in [0.1, 0.15) is 23.2 Å². The summed E-state index contributed by atoms with van der Waals surface area (Å²) in [6.07, 6.45) is 1.48. The third-order valence-electron chi connectivity index (χ3n) is 4.08. The highest BCUT2D eigenvalue weighted by molar-refractivity contribution is 5.98. The summed E-state index contributed by atoms with van der Waals surface area (Å²) < 4.78 is 0. The van der Waals surface area contributed by atoms with E-state index in [1.807, 2.05) is 42.5 Å². The van der Waals surface area contributed by atoms with E-state index in [1.165, 1.54) is 0 Å². The largest absolute Gasteiger partial charge is 0.368 e. The Bertz CT molecular complexity index is 680. The summed E-state index contributed by atoms with van der Waals surface area (Å²) >= 11 is 0. The molecule has 4 heteroatoms. The molecule has 0 spiro atoms. The van der Waals surface area contributed by atoms with Gasteiger partial charge in [-0.15, -0.1) is 0 Å². The maximum absolute atomic E-state index is 12.5. The third-order valence-corrected chi connectivity index (χ3v) is 4.08. The van der Waals surface area contributed by atoms with E-state index in [1.54, 1.807) is 17.0 Å².